The van der Waals surface area contributed by atoms with E-state index in [1.165, 1.54) is 0 Å². The van der Waals surface area contributed by atoms with Crippen LogP contribution in [0.4, 0.5) is 0 Å². The predicted octanol–water partition coefficient (Wildman–Crippen LogP) is 3.79. The normalized spacial score (nSPS) is 15.9. The van der Waals surface area contributed by atoms with Gasteiger partial charge in [0.15, 0.2) is 0 Å². The van der Waals surface area contributed by atoms with Crippen LogP contribution in [0.2, 0.25) is 0 Å². The van der Waals surface area contributed by atoms with Crippen LogP contribution >= 0.6 is 0 Å². The van der Waals surface area contributed by atoms with Crippen molar-refractivity contribution >= 4 is 12.0 Å². The molecule has 1 atom stereocenters. The Kier molecular flexibility index (Phi) is 3.96. The molecule has 112 valence electrons. The lowest BCUT2D eigenvalue weighted by Gasteiger charge is -2.17. The third kappa shape index (κ3) is 2.50. The average Bonchev–Trinajstić information content (AvgIpc) is 2.95. The van der Waals surface area contributed by atoms with E-state index < -0.39 is 0 Å². The van der Waals surface area contributed by atoms with Gasteiger partial charge in [0.2, 0.25) is 0 Å². The minimum Gasteiger partial charge on any atom is -0.497 e. The highest BCUT2D eigenvalue weighted by molar-refractivity contribution is 5.99. The molecule has 0 heterocycles. The highest BCUT2D eigenvalue weighted by Crippen LogP contribution is 2.41. The fourth-order valence-electron chi connectivity index (χ4n) is 2.87. The van der Waals surface area contributed by atoms with Gasteiger partial charge in [0.1, 0.15) is 5.75 Å². The molecule has 1 unspecified atom stereocenters. The second kappa shape index (κ2) is 6.06. The summed E-state index contributed by atoms with van der Waals surface area (Å²) in [4.78, 5) is 12.3. The summed E-state index contributed by atoms with van der Waals surface area (Å²) in [6, 6.07) is 15.9. The molecule has 0 aliphatic heterocycles. The van der Waals surface area contributed by atoms with E-state index >= 15 is 0 Å². The number of methoxy groups -OCH3 is 1. The van der Waals surface area contributed by atoms with Gasteiger partial charge in [-0.2, -0.15) is 0 Å². The smallest absolute Gasteiger partial charge is 0.334 e. The molecule has 0 saturated carbocycles. The van der Waals surface area contributed by atoms with Gasteiger partial charge in [0, 0.05) is 11.5 Å². The summed E-state index contributed by atoms with van der Waals surface area (Å²) in [5.74, 6) is 0.470. The van der Waals surface area contributed by atoms with Crippen molar-refractivity contribution in [3.8, 4) is 5.75 Å². The van der Waals surface area contributed by atoms with E-state index in [2.05, 4.69) is 6.07 Å². The van der Waals surface area contributed by atoms with Crippen LogP contribution in [0.3, 0.4) is 0 Å². The van der Waals surface area contributed by atoms with Gasteiger partial charge in [-0.25, -0.2) is 4.79 Å². The Morgan fingerprint density at radius 1 is 1.09 bits per heavy atom. The summed E-state index contributed by atoms with van der Waals surface area (Å²) in [6.45, 7) is 2.20. The second-order valence-electron chi connectivity index (χ2n) is 5.16. The Morgan fingerprint density at radius 3 is 2.50 bits per heavy atom. The minimum atomic E-state index is -0.250. The highest BCUT2D eigenvalue weighted by atomic mass is 16.5. The Hall–Kier alpha value is -2.55. The lowest BCUT2D eigenvalue weighted by Crippen LogP contribution is -2.13. The fraction of sp³-hybridized carbons (Fsp3) is 0.211. The van der Waals surface area contributed by atoms with Gasteiger partial charge in [-0.3, -0.25) is 0 Å². The molecule has 0 fully saturated rings. The number of carbonyl (C=O) groups is 1. The fourth-order valence-corrected chi connectivity index (χ4v) is 2.87. The number of ether oxygens (including phenoxy) is 2. The zero-order valence-corrected chi connectivity index (χ0v) is 12.7. The number of esters is 1. The molecule has 3 nitrogen and oxygen atoms in total. The Morgan fingerprint density at radius 2 is 1.82 bits per heavy atom. The maximum Gasteiger partial charge on any atom is 0.334 e. The van der Waals surface area contributed by atoms with Crippen molar-refractivity contribution in [1.29, 1.82) is 0 Å². The molecule has 0 bridgehead atoms. The average molecular weight is 294 g/mol. The molecule has 1 aliphatic carbocycles. The van der Waals surface area contributed by atoms with Crippen LogP contribution in [0, 0.1) is 0 Å². The molecule has 2 aromatic rings. The number of hydrogen-bond donors (Lipinski definition) is 0. The molecule has 0 N–H and O–H groups in total. The van der Waals surface area contributed by atoms with Crippen molar-refractivity contribution in [1.82, 2.24) is 0 Å². The van der Waals surface area contributed by atoms with Gasteiger partial charge in [-0.05, 0) is 41.8 Å². The predicted molar refractivity (Wildman–Crippen MR) is 85.9 cm³/mol. The first kappa shape index (κ1) is 14.4. The molecule has 0 spiro atoms. The van der Waals surface area contributed by atoms with Crippen LogP contribution in [0.15, 0.2) is 54.1 Å². The van der Waals surface area contributed by atoms with Gasteiger partial charge in [0.25, 0.3) is 0 Å². The molecule has 1 aliphatic rings. The SMILES string of the molecule is CCOC(=O)C1=Cc2ccccc2C1c1ccc(OC)cc1. The summed E-state index contributed by atoms with van der Waals surface area (Å²) in [6.07, 6.45) is 1.93. The highest BCUT2D eigenvalue weighted by Gasteiger charge is 2.31. The van der Waals surface area contributed by atoms with Crippen molar-refractivity contribution in [2.24, 2.45) is 0 Å². The summed E-state index contributed by atoms with van der Waals surface area (Å²) in [7, 11) is 1.64. The van der Waals surface area contributed by atoms with Gasteiger partial charge >= 0.3 is 5.97 Å². The monoisotopic (exact) mass is 294 g/mol. The molecular weight excluding hydrogens is 276 g/mol. The van der Waals surface area contributed by atoms with Crippen molar-refractivity contribution in [2.75, 3.05) is 13.7 Å². The van der Waals surface area contributed by atoms with Crippen molar-refractivity contribution in [2.45, 2.75) is 12.8 Å². The summed E-state index contributed by atoms with van der Waals surface area (Å²) >= 11 is 0. The van der Waals surface area contributed by atoms with Crippen LogP contribution in [0.1, 0.15) is 29.5 Å². The zero-order chi connectivity index (χ0) is 15.5. The van der Waals surface area contributed by atoms with Gasteiger partial charge in [0.05, 0.1) is 13.7 Å². The zero-order valence-electron chi connectivity index (χ0n) is 12.7. The number of fused-ring (bicyclic) bond motifs is 1. The van der Waals surface area contributed by atoms with Crippen LogP contribution in [-0.2, 0) is 9.53 Å². The molecule has 0 aromatic heterocycles. The van der Waals surface area contributed by atoms with Crippen LogP contribution in [0.5, 0.6) is 5.75 Å². The summed E-state index contributed by atoms with van der Waals surface area (Å²) in [5, 5.41) is 0. The molecule has 3 rings (SSSR count). The van der Waals surface area contributed by atoms with Gasteiger partial charge in [-0.1, -0.05) is 36.4 Å². The maximum absolute atomic E-state index is 12.3. The van der Waals surface area contributed by atoms with Gasteiger partial charge < -0.3 is 9.47 Å². The lowest BCUT2D eigenvalue weighted by atomic mass is 9.88. The van der Waals surface area contributed by atoms with E-state index in [0.717, 1.165) is 22.4 Å². The molecule has 0 radical (unpaired) electrons. The Balaban J connectivity index is 2.04. The largest absolute Gasteiger partial charge is 0.497 e. The van der Waals surface area contributed by atoms with Crippen molar-refractivity contribution in [3.05, 3.63) is 70.8 Å². The number of benzene rings is 2. The van der Waals surface area contributed by atoms with Crippen LogP contribution < -0.4 is 4.74 Å². The third-order valence-corrected chi connectivity index (χ3v) is 3.89. The first-order chi connectivity index (χ1) is 10.7. The number of rotatable bonds is 4. The Bertz CT molecular complexity index is 714. The first-order valence-electron chi connectivity index (χ1n) is 7.36. The molecule has 0 amide bonds. The van der Waals surface area contributed by atoms with E-state index in [1.54, 1.807) is 7.11 Å². The molecular formula is C19H18O3. The van der Waals surface area contributed by atoms with E-state index in [4.69, 9.17) is 9.47 Å². The molecule has 2 aromatic carbocycles. The minimum absolute atomic E-state index is 0.0823. The number of carbonyl (C=O) groups excluding carboxylic acids is 1. The molecule has 3 heteroatoms. The van der Waals surface area contributed by atoms with Crippen molar-refractivity contribution in [3.63, 3.8) is 0 Å². The summed E-state index contributed by atoms with van der Waals surface area (Å²) < 4.78 is 10.4. The summed E-state index contributed by atoms with van der Waals surface area (Å²) in [5.41, 5.74) is 3.96. The topological polar surface area (TPSA) is 35.5 Å². The maximum atomic E-state index is 12.3. The van der Waals surface area contributed by atoms with Crippen molar-refractivity contribution < 1.29 is 14.3 Å². The molecule has 0 saturated heterocycles. The standard InChI is InChI=1S/C19H18O3/c1-3-22-19(20)17-12-14-6-4-5-7-16(14)18(17)13-8-10-15(21-2)11-9-13/h4-12,18H,3H2,1-2H3. The van der Waals surface area contributed by atoms with Crippen LogP contribution in [-0.4, -0.2) is 19.7 Å². The third-order valence-electron chi connectivity index (χ3n) is 3.89. The van der Waals surface area contributed by atoms with E-state index in [-0.39, 0.29) is 11.9 Å². The van der Waals surface area contributed by atoms with E-state index in [0.29, 0.717) is 12.2 Å². The van der Waals surface area contributed by atoms with E-state index in [1.807, 2.05) is 55.5 Å². The second-order valence-corrected chi connectivity index (χ2v) is 5.16. The molecule has 22 heavy (non-hydrogen) atoms. The van der Waals surface area contributed by atoms with E-state index in [9.17, 15) is 4.79 Å². The first-order valence-corrected chi connectivity index (χ1v) is 7.36. The Labute approximate surface area is 130 Å². The van der Waals surface area contributed by atoms with Crippen LogP contribution in [0.25, 0.3) is 6.08 Å². The van der Waals surface area contributed by atoms with Gasteiger partial charge in [-0.15, -0.1) is 0 Å². The quantitative estimate of drug-likeness (QED) is 0.805. The lowest BCUT2D eigenvalue weighted by molar-refractivity contribution is -0.138. The number of hydrogen-bond acceptors (Lipinski definition) is 3.